The van der Waals surface area contributed by atoms with Gasteiger partial charge < -0.3 is 14.6 Å². The molecule has 0 saturated carbocycles. The lowest BCUT2D eigenvalue weighted by molar-refractivity contribution is -0.137. The minimum atomic E-state index is -0.880. The van der Waals surface area contributed by atoms with Crippen LogP contribution in [0.2, 0.25) is 0 Å². The fourth-order valence-electron chi connectivity index (χ4n) is 2.64. The fraction of sp³-hybridized carbons (Fsp3) is 0.278. The van der Waals surface area contributed by atoms with Crippen LogP contribution in [0.1, 0.15) is 28.2 Å². The van der Waals surface area contributed by atoms with E-state index in [9.17, 15) is 9.90 Å². The summed E-state index contributed by atoms with van der Waals surface area (Å²) >= 11 is 0. The first kappa shape index (κ1) is 15.9. The van der Waals surface area contributed by atoms with E-state index in [0.717, 1.165) is 33.8 Å². The number of hydrogen-bond donors (Lipinski definition) is 1. The summed E-state index contributed by atoms with van der Waals surface area (Å²) in [5.41, 5.74) is 3.29. The van der Waals surface area contributed by atoms with Gasteiger partial charge >= 0.3 is 5.97 Å². The first-order valence-corrected chi connectivity index (χ1v) is 6.99. The molecule has 0 unspecified atom stereocenters. The molecule has 1 N–H and O–H groups in total. The van der Waals surface area contributed by atoms with E-state index < -0.39 is 11.9 Å². The molecule has 22 heavy (non-hydrogen) atoms. The molecule has 4 nitrogen and oxygen atoms in total. The number of hydrogen-bond acceptors (Lipinski definition) is 3. The van der Waals surface area contributed by atoms with Gasteiger partial charge in [-0.15, -0.1) is 0 Å². The summed E-state index contributed by atoms with van der Waals surface area (Å²) < 4.78 is 10.5. The van der Waals surface area contributed by atoms with Crippen LogP contribution in [0.5, 0.6) is 11.5 Å². The molecule has 2 rings (SSSR count). The third-order valence-electron chi connectivity index (χ3n) is 3.75. The van der Waals surface area contributed by atoms with Gasteiger partial charge in [-0.3, -0.25) is 4.79 Å². The van der Waals surface area contributed by atoms with Crippen molar-refractivity contribution in [1.29, 1.82) is 0 Å². The van der Waals surface area contributed by atoms with E-state index in [1.54, 1.807) is 38.5 Å². The van der Waals surface area contributed by atoms with E-state index >= 15 is 0 Å². The highest BCUT2D eigenvalue weighted by Gasteiger charge is 2.23. The summed E-state index contributed by atoms with van der Waals surface area (Å²) in [4.78, 5) is 11.8. The molecule has 0 aromatic heterocycles. The maximum absolute atomic E-state index is 11.8. The monoisotopic (exact) mass is 300 g/mol. The van der Waals surface area contributed by atoms with Crippen LogP contribution in [0.25, 0.3) is 0 Å². The Hall–Kier alpha value is -2.49. The maximum Gasteiger partial charge on any atom is 0.315 e. The zero-order chi connectivity index (χ0) is 16.3. The average Bonchev–Trinajstić information content (AvgIpc) is 2.47. The second kappa shape index (κ2) is 6.52. The number of rotatable bonds is 5. The summed E-state index contributed by atoms with van der Waals surface area (Å²) in [6, 6.07) is 10.9. The predicted molar refractivity (Wildman–Crippen MR) is 84.9 cm³/mol. The molecular formula is C18H20O4. The summed E-state index contributed by atoms with van der Waals surface area (Å²) in [5.74, 6) is -0.0963. The van der Waals surface area contributed by atoms with Crippen molar-refractivity contribution in [2.75, 3.05) is 14.2 Å². The molecule has 2 aromatic carbocycles. The Bertz CT molecular complexity index is 638. The third-order valence-corrected chi connectivity index (χ3v) is 3.75. The largest absolute Gasteiger partial charge is 0.496 e. The van der Waals surface area contributed by atoms with E-state index in [1.807, 2.05) is 26.0 Å². The highest BCUT2D eigenvalue weighted by atomic mass is 16.5. The quantitative estimate of drug-likeness (QED) is 0.917. The molecule has 4 heteroatoms. The standard InChI is InChI=1S/C18H20O4/c1-11-9-13(5-7-15(11)21-3)17(18(19)20)14-6-8-16(22-4)12(2)10-14/h5-10,17H,1-4H3,(H,19,20). The first-order valence-electron chi connectivity index (χ1n) is 6.99. The van der Waals surface area contributed by atoms with Crippen molar-refractivity contribution in [3.63, 3.8) is 0 Å². The Kier molecular flexibility index (Phi) is 4.71. The third kappa shape index (κ3) is 3.06. The van der Waals surface area contributed by atoms with Crippen molar-refractivity contribution in [3.05, 3.63) is 58.7 Å². The van der Waals surface area contributed by atoms with Crippen molar-refractivity contribution in [1.82, 2.24) is 0 Å². The predicted octanol–water partition coefficient (Wildman–Crippen LogP) is 3.54. The van der Waals surface area contributed by atoms with Gasteiger partial charge in [0, 0.05) is 0 Å². The van der Waals surface area contributed by atoms with E-state index in [1.165, 1.54) is 0 Å². The normalized spacial score (nSPS) is 10.6. The van der Waals surface area contributed by atoms with Crippen LogP contribution in [-0.2, 0) is 4.79 Å². The summed E-state index contributed by atoms with van der Waals surface area (Å²) in [5, 5.41) is 9.65. The lowest BCUT2D eigenvalue weighted by Gasteiger charge is -2.16. The van der Waals surface area contributed by atoms with Gasteiger partial charge in [-0.05, 0) is 48.2 Å². The van der Waals surface area contributed by atoms with Gasteiger partial charge in [0.1, 0.15) is 17.4 Å². The van der Waals surface area contributed by atoms with Gasteiger partial charge in [0.25, 0.3) is 0 Å². The van der Waals surface area contributed by atoms with Gasteiger partial charge in [0.05, 0.1) is 14.2 Å². The number of carboxylic acid groups (broad SMARTS) is 1. The SMILES string of the molecule is COc1ccc(C(C(=O)O)c2ccc(OC)c(C)c2)cc1C. The van der Waals surface area contributed by atoms with Crippen molar-refractivity contribution in [2.24, 2.45) is 0 Å². The minimum absolute atomic E-state index is 0.714. The Morgan fingerprint density at radius 2 is 1.32 bits per heavy atom. The molecule has 0 bridgehead atoms. The molecule has 116 valence electrons. The van der Waals surface area contributed by atoms with E-state index in [2.05, 4.69) is 0 Å². The molecule has 0 aliphatic rings. The molecule has 0 spiro atoms. The van der Waals surface area contributed by atoms with Crippen molar-refractivity contribution in [2.45, 2.75) is 19.8 Å². The van der Waals surface area contributed by atoms with Crippen LogP contribution in [0.15, 0.2) is 36.4 Å². The molecule has 0 atom stereocenters. The molecule has 0 aliphatic carbocycles. The zero-order valence-corrected chi connectivity index (χ0v) is 13.2. The van der Waals surface area contributed by atoms with Crippen LogP contribution in [0.3, 0.4) is 0 Å². The smallest absolute Gasteiger partial charge is 0.315 e. The van der Waals surface area contributed by atoms with E-state index in [-0.39, 0.29) is 0 Å². The Morgan fingerprint density at radius 1 is 0.909 bits per heavy atom. The van der Waals surface area contributed by atoms with Crippen LogP contribution >= 0.6 is 0 Å². The minimum Gasteiger partial charge on any atom is -0.496 e. The lowest BCUT2D eigenvalue weighted by atomic mass is 9.89. The van der Waals surface area contributed by atoms with Crippen LogP contribution in [-0.4, -0.2) is 25.3 Å². The topological polar surface area (TPSA) is 55.8 Å². The summed E-state index contributed by atoms with van der Waals surface area (Å²) in [6.45, 7) is 3.81. The second-order valence-corrected chi connectivity index (χ2v) is 5.23. The van der Waals surface area contributed by atoms with Gasteiger partial charge in [-0.25, -0.2) is 0 Å². The van der Waals surface area contributed by atoms with Crippen LogP contribution in [0.4, 0.5) is 0 Å². The molecule has 2 aromatic rings. The Morgan fingerprint density at radius 3 is 1.59 bits per heavy atom. The molecule has 0 amide bonds. The van der Waals surface area contributed by atoms with Gasteiger partial charge in [-0.2, -0.15) is 0 Å². The van der Waals surface area contributed by atoms with Crippen molar-refractivity contribution >= 4 is 5.97 Å². The first-order chi connectivity index (χ1) is 10.5. The summed E-state index contributed by atoms with van der Waals surface area (Å²) in [7, 11) is 3.20. The molecule has 0 heterocycles. The van der Waals surface area contributed by atoms with Crippen molar-refractivity contribution < 1.29 is 19.4 Å². The van der Waals surface area contributed by atoms with Gasteiger partial charge in [0.15, 0.2) is 0 Å². The highest BCUT2D eigenvalue weighted by Crippen LogP contribution is 2.31. The Labute approximate surface area is 130 Å². The molecule has 0 saturated heterocycles. The number of methoxy groups -OCH3 is 2. The summed E-state index contributed by atoms with van der Waals surface area (Å²) in [6.07, 6.45) is 0. The molecule has 0 fully saturated rings. The number of carbonyl (C=O) groups is 1. The number of ether oxygens (including phenoxy) is 2. The fourth-order valence-corrected chi connectivity index (χ4v) is 2.64. The number of benzene rings is 2. The zero-order valence-electron chi connectivity index (χ0n) is 13.2. The highest BCUT2D eigenvalue weighted by molar-refractivity contribution is 5.80. The second-order valence-electron chi connectivity index (χ2n) is 5.23. The van der Waals surface area contributed by atoms with Crippen molar-refractivity contribution in [3.8, 4) is 11.5 Å². The van der Waals surface area contributed by atoms with E-state index in [4.69, 9.17) is 9.47 Å². The van der Waals surface area contributed by atoms with E-state index in [0.29, 0.717) is 0 Å². The maximum atomic E-state index is 11.8. The van der Waals surface area contributed by atoms with Crippen LogP contribution < -0.4 is 9.47 Å². The van der Waals surface area contributed by atoms with Gasteiger partial charge in [-0.1, -0.05) is 24.3 Å². The average molecular weight is 300 g/mol. The van der Waals surface area contributed by atoms with Gasteiger partial charge in [0.2, 0.25) is 0 Å². The molecular weight excluding hydrogens is 280 g/mol. The Balaban J connectivity index is 2.49. The molecule has 0 aliphatic heterocycles. The van der Waals surface area contributed by atoms with Crippen LogP contribution in [0, 0.1) is 13.8 Å². The number of aryl methyl sites for hydroxylation is 2. The number of carboxylic acids is 1. The molecule has 0 radical (unpaired) electrons. The number of aliphatic carboxylic acids is 1. The lowest BCUT2D eigenvalue weighted by Crippen LogP contribution is -2.13.